The van der Waals surface area contributed by atoms with Crippen LogP contribution in [0, 0.1) is 0 Å². The second kappa shape index (κ2) is 11.5. The van der Waals surface area contributed by atoms with Crippen LogP contribution in [-0.2, 0) is 16.0 Å². The Hall–Kier alpha value is -3.56. The van der Waals surface area contributed by atoms with E-state index in [1.54, 1.807) is 62.5 Å². The maximum Gasteiger partial charge on any atom is 0.338 e. The summed E-state index contributed by atoms with van der Waals surface area (Å²) in [5, 5.41) is 0. The van der Waals surface area contributed by atoms with Crippen LogP contribution >= 0.6 is 24.0 Å². The van der Waals surface area contributed by atoms with E-state index in [2.05, 4.69) is 0 Å². The fourth-order valence-corrected chi connectivity index (χ4v) is 4.96. The second-order valence-electron chi connectivity index (χ2n) is 7.77. The van der Waals surface area contributed by atoms with Crippen molar-refractivity contribution in [2.45, 2.75) is 13.3 Å². The third kappa shape index (κ3) is 5.63. The first-order valence-corrected chi connectivity index (χ1v) is 12.5. The summed E-state index contributed by atoms with van der Waals surface area (Å²) in [5.41, 5.74) is 2.30. The first-order valence-electron chi connectivity index (χ1n) is 11.3. The summed E-state index contributed by atoms with van der Waals surface area (Å²) in [6.07, 6.45) is 2.32. The molecule has 0 saturated carbocycles. The summed E-state index contributed by atoms with van der Waals surface area (Å²) >= 11 is 6.72. The molecule has 4 rings (SSSR count). The lowest BCUT2D eigenvalue weighted by molar-refractivity contribution is -0.122. The number of furan rings is 1. The molecule has 0 unspecified atom stereocenters. The van der Waals surface area contributed by atoms with E-state index in [-0.39, 0.29) is 11.9 Å². The van der Waals surface area contributed by atoms with E-state index >= 15 is 0 Å². The lowest BCUT2D eigenvalue weighted by atomic mass is 10.1. The molecule has 0 atom stereocenters. The predicted octanol–water partition coefficient (Wildman–Crippen LogP) is 5.58. The molecule has 1 fully saturated rings. The van der Waals surface area contributed by atoms with Gasteiger partial charge in [-0.2, -0.15) is 0 Å². The van der Waals surface area contributed by atoms with Crippen molar-refractivity contribution in [2.24, 2.45) is 0 Å². The molecule has 1 saturated heterocycles. The number of amides is 1. The lowest BCUT2D eigenvalue weighted by Crippen LogP contribution is -2.30. The highest BCUT2D eigenvalue weighted by atomic mass is 32.2. The summed E-state index contributed by atoms with van der Waals surface area (Å²) in [4.78, 5) is 27.0. The molecule has 9 heteroatoms. The van der Waals surface area contributed by atoms with Crippen molar-refractivity contribution in [3.8, 4) is 22.8 Å². The number of benzene rings is 2. The van der Waals surface area contributed by atoms with Crippen molar-refractivity contribution < 1.29 is 28.2 Å². The Bertz CT molecular complexity index is 1310. The zero-order valence-electron chi connectivity index (χ0n) is 20.1. The van der Waals surface area contributed by atoms with Gasteiger partial charge in [-0.25, -0.2) is 4.79 Å². The molecular formula is C27H25NO6S2. The highest BCUT2D eigenvalue weighted by molar-refractivity contribution is 8.26. The van der Waals surface area contributed by atoms with Crippen LogP contribution in [0.15, 0.2) is 63.9 Å². The summed E-state index contributed by atoms with van der Waals surface area (Å²) in [6, 6.07) is 16.3. The highest BCUT2D eigenvalue weighted by Gasteiger charge is 2.32. The summed E-state index contributed by atoms with van der Waals surface area (Å²) in [5.74, 6) is 1.95. The zero-order valence-corrected chi connectivity index (χ0v) is 21.7. The molecule has 0 spiro atoms. The maximum atomic E-state index is 13.0. The number of hydrogen-bond acceptors (Lipinski definition) is 8. The summed E-state index contributed by atoms with van der Waals surface area (Å²) < 4.78 is 22.1. The van der Waals surface area contributed by atoms with Crippen LogP contribution in [0.4, 0.5) is 0 Å². The van der Waals surface area contributed by atoms with Gasteiger partial charge < -0.3 is 18.6 Å². The number of rotatable bonds is 9. The van der Waals surface area contributed by atoms with Crippen LogP contribution in [0.25, 0.3) is 17.4 Å². The maximum absolute atomic E-state index is 13.0. The summed E-state index contributed by atoms with van der Waals surface area (Å²) in [6.45, 7) is 2.54. The Balaban J connectivity index is 1.42. The van der Waals surface area contributed by atoms with Gasteiger partial charge in [-0.3, -0.25) is 9.69 Å². The standard InChI is InChI=1S/C27H25NO6S2/c1-4-33-26(30)19-8-6-18(7-9-19)21-12-10-20(34-21)16-24-25(29)28(27(35)36-24)14-13-17-5-11-22(31-2)23(15-17)32-3/h5-12,15-16H,4,13-14H2,1-3H3/b24-16-. The predicted molar refractivity (Wildman–Crippen MR) is 143 cm³/mol. The van der Waals surface area contributed by atoms with E-state index in [0.717, 1.165) is 11.1 Å². The Morgan fingerprint density at radius 1 is 1.06 bits per heavy atom. The van der Waals surface area contributed by atoms with E-state index in [9.17, 15) is 9.59 Å². The molecule has 0 bridgehead atoms. The molecule has 7 nitrogen and oxygen atoms in total. The molecule has 0 N–H and O–H groups in total. The van der Waals surface area contributed by atoms with Gasteiger partial charge in [0.05, 0.1) is 31.3 Å². The van der Waals surface area contributed by atoms with Gasteiger partial charge in [0.25, 0.3) is 5.91 Å². The smallest absolute Gasteiger partial charge is 0.338 e. The van der Waals surface area contributed by atoms with Gasteiger partial charge in [-0.15, -0.1) is 0 Å². The van der Waals surface area contributed by atoms with Crippen LogP contribution in [0.5, 0.6) is 11.5 Å². The molecule has 1 amide bonds. The van der Waals surface area contributed by atoms with E-state index in [1.807, 2.05) is 24.3 Å². The number of esters is 1. The van der Waals surface area contributed by atoms with E-state index in [0.29, 0.717) is 57.4 Å². The van der Waals surface area contributed by atoms with Crippen molar-refractivity contribution in [1.82, 2.24) is 4.90 Å². The topological polar surface area (TPSA) is 78.2 Å². The van der Waals surface area contributed by atoms with Crippen molar-refractivity contribution >= 4 is 46.3 Å². The molecule has 36 heavy (non-hydrogen) atoms. The summed E-state index contributed by atoms with van der Waals surface area (Å²) in [7, 11) is 3.18. The Labute approximate surface area is 219 Å². The average molecular weight is 524 g/mol. The lowest BCUT2D eigenvalue weighted by Gasteiger charge is -2.15. The van der Waals surface area contributed by atoms with Gasteiger partial charge in [0.15, 0.2) is 11.5 Å². The number of thioether (sulfide) groups is 1. The van der Waals surface area contributed by atoms with Crippen molar-refractivity contribution in [2.75, 3.05) is 27.4 Å². The van der Waals surface area contributed by atoms with E-state index < -0.39 is 0 Å². The molecule has 3 aromatic rings. The van der Waals surface area contributed by atoms with Crippen LogP contribution in [0.1, 0.15) is 28.6 Å². The normalized spacial score (nSPS) is 14.4. The molecular weight excluding hydrogens is 498 g/mol. The van der Waals surface area contributed by atoms with Gasteiger partial charge >= 0.3 is 5.97 Å². The van der Waals surface area contributed by atoms with E-state index in [4.69, 9.17) is 30.8 Å². The molecule has 0 aliphatic carbocycles. The molecule has 1 aromatic heterocycles. The number of carbonyl (C=O) groups excluding carboxylic acids is 2. The fourth-order valence-electron chi connectivity index (χ4n) is 3.67. The quantitative estimate of drug-likeness (QED) is 0.204. The van der Waals surface area contributed by atoms with Crippen LogP contribution in [-0.4, -0.2) is 48.5 Å². The number of carbonyl (C=O) groups is 2. The number of methoxy groups -OCH3 is 2. The van der Waals surface area contributed by atoms with Gasteiger partial charge in [0.1, 0.15) is 15.8 Å². The fraction of sp³-hybridized carbons (Fsp3) is 0.222. The number of ether oxygens (including phenoxy) is 3. The Morgan fingerprint density at radius 2 is 1.81 bits per heavy atom. The number of thiocarbonyl (C=S) groups is 1. The minimum atomic E-state index is -0.364. The minimum Gasteiger partial charge on any atom is -0.493 e. The molecule has 186 valence electrons. The third-order valence-corrected chi connectivity index (χ3v) is 6.90. The van der Waals surface area contributed by atoms with Crippen molar-refractivity contribution in [1.29, 1.82) is 0 Å². The van der Waals surface area contributed by atoms with Crippen LogP contribution in [0.3, 0.4) is 0 Å². The monoisotopic (exact) mass is 523 g/mol. The Kier molecular flexibility index (Phi) is 8.12. The van der Waals surface area contributed by atoms with E-state index in [1.165, 1.54) is 11.8 Å². The van der Waals surface area contributed by atoms with Gasteiger partial charge in [0, 0.05) is 18.2 Å². The van der Waals surface area contributed by atoms with Crippen molar-refractivity contribution in [3.63, 3.8) is 0 Å². The molecule has 1 aliphatic heterocycles. The molecule has 0 radical (unpaired) electrons. The molecule has 1 aliphatic rings. The molecule has 2 aromatic carbocycles. The third-order valence-electron chi connectivity index (χ3n) is 5.53. The first kappa shape index (κ1) is 25.5. The molecule has 2 heterocycles. The largest absolute Gasteiger partial charge is 0.493 e. The van der Waals surface area contributed by atoms with Crippen LogP contribution in [0.2, 0.25) is 0 Å². The number of nitrogens with zero attached hydrogens (tertiary/aromatic N) is 1. The minimum absolute atomic E-state index is 0.151. The van der Waals surface area contributed by atoms with Gasteiger partial charge in [0.2, 0.25) is 0 Å². The highest BCUT2D eigenvalue weighted by Crippen LogP contribution is 2.34. The first-order chi connectivity index (χ1) is 17.4. The van der Waals surface area contributed by atoms with Crippen LogP contribution < -0.4 is 9.47 Å². The second-order valence-corrected chi connectivity index (χ2v) is 9.45. The van der Waals surface area contributed by atoms with Gasteiger partial charge in [-0.05, 0) is 55.3 Å². The Morgan fingerprint density at radius 3 is 2.50 bits per heavy atom. The number of hydrogen-bond donors (Lipinski definition) is 0. The van der Waals surface area contributed by atoms with Gasteiger partial charge in [-0.1, -0.05) is 42.2 Å². The average Bonchev–Trinajstić information content (AvgIpc) is 3.46. The zero-order chi connectivity index (χ0) is 25.7. The SMILES string of the molecule is CCOC(=O)c1ccc(-c2ccc(/C=C3\SC(=S)N(CCc4ccc(OC)c(OC)c4)C3=O)o2)cc1. The van der Waals surface area contributed by atoms with Crippen molar-refractivity contribution in [3.05, 3.63) is 76.4 Å².